The molecule has 146 valence electrons. The molecule has 0 spiro atoms. The van der Waals surface area contributed by atoms with E-state index in [2.05, 4.69) is 11.6 Å². The number of anilines is 1. The highest BCUT2D eigenvalue weighted by Crippen LogP contribution is 2.60. The van der Waals surface area contributed by atoms with Crippen LogP contribution in [0, 0.1) is 0 Å². The molecule has 0 aromatic heterocycles. The molecule has 7 heteroatoms. The van der Waals surface area contributed by atoms with Crippen molar-refractivity contribution in [2.45, 2.75) is 19.6 Å². The van der Waals surface area contributed by atoms with Crippen molar-refractivity contribution in [2.24, 2.45) is 0 Å². The van der Waals surface area contributed by atoms with Crippen LogP contribution in [0.4, 0.5) is 5.69 Å². The fraction of sp³-hybridized carbons (Fsp3) is 0.300. The summed E-state index contributed by atoms with van der Waals surface area (Å²) in [7, 11) is -0.921. The largest absolute Gasteiger partial charge is 0.497 e. The highest BCUT2D eigenvalue weighted by atomic mass is 31.2. The van der Waals surface area contributed by atoms with Gasteiger partial charge in [-0.3, -0.25) is 0 Å². The second kappa shape index (κ2) is 9.60. The van der Waals surface area contributed by atoms with Crippen molar-refractivity contribution in [3.63, 3.8) is 0 Å². The molecule has 0 heterocycles. The van der Waals surface area contributed by atoms with E-state index in [1.54, 1.807) is 31.4 Å². The summed E-state index contributed by atoms with van der Waals surface area (Å²) in [5, 5.41) is 12.5. The third-order valence-electron chi connectivity index (χ3n) is 3.96. The lowest BCUT2D eigenvalue weighted by molar-refractivity contribution is 0.0697. The van der Waals surface area contributed by atoms with Gasteiger partial charge in [0.05, 0.1) is 25.9 Å². The summed E-state index contributed by atoms with van der Waals surface area (Å²) in [6.07, 6.45) is 4.29. The topological polar surface area (TPSA) is 77.0 Å². The summed E-state index contributed by atoms with van der Waals surface area (Å²) >= 11 is 0. The van der Waals surface area contributed by atoms with Crippen LogP contribution in [0.25, 0.3) is 0 Å². The molecule has 27 heavy (non-hydrogen) atoms. The maximum Gasteiger partial charge on any atom is 0.335 e. The molecule has 0 aliphatic heterocycles. The summed E-state index contributed by atoms with van der Waals surface area (Å²) in [4.78, 5) is 11.1. The fourth-order valence-electron chi connectivity index (χ4n) is 2.69. The van der Waals surface area contributed by atoms with Gasteiger partial charge in [-0.1, -0.05) is 12.1 Å². The normalized spacial score (nSPS) is 12.4. The van der Waals surface area contributed by atoms with Crippen LogP contribution in [0.2, 0.25) is 0 Å². The van der Waals surface area contributed by atoms with Crippen LogP contribution in [0.1, 0.15) is 35.6 Å². The van der Waals surface area contributed by atoms with Gasteiger partial charge in [0.25, 0.3) is 0 Å². The molecule has 6 nitrogen and oxygen atoms in total. The summed E-state index contributed by atoms with van der Waals surface area (Å²) in [5.74, 6) is -0.529. The molecule has 0 bridgehead atoms. The average molecular weight is 391 g/mol. The van der Waals surface area contributed by atoms with E-state index in [1.165, 1.54) is 0 Å². The number of nitrogens with one attached hydrogen (secondary N) is 1. The van der Waals surface area contributed by atoms with Gasteiger partial charge in [0.2, 0.25) is 0 Å². The highest BCUT2D eigenvalue weighted by Gasteiger charge is 2.29. The first-order valence-corrected chi connectivity index (χ1v) is 10.6. The number of benzene rings is 2. The summed E-state index contributed by atoms with van der Waals surface area (Å²) in [6, 6.07) is 14.2. The molecular formula is C20H26NO5P. The number of rotatable bonds is 10. The molecular weight excluding hydrogens is 365 g/mol. The minimum Gasteiger partial charge on any atom is -0.497 e. The van der Waals surface area contributed by atoms with Crippen LogP contribution in [0.15, 0.2) is 48.5 Å². The second-order valence-corrected chi connectivity index (χ2v) is 8.25. The van der Waals surface area contributed by atoms with Crippen molar-refractivity contribution in [1.82, 2.24) is 0 Å². The molecule has 0 fully saturated rings. The van der Waals surface area contributed by atoms with E-state index >= 15 is 0 Å². The Hall–Kier alpha value is -2.27. The quantitative estimate of drug-likeness (QED) is 0.564. The molecule has 0 saturated heterocycles. The molecule has 1 atom stereocenters. The molecule has 2 rings (SSSR count). The molecule has 0 amide bonds. The van der Waals surface area contributed by atoms with Crippen LogP contribution in [0.5, 0.6) is 5.75 Å². The van der Waals surface area contributed by atoms with Crippen molar-refractivity contribution in [3.8, 4) is 5.75 Å². The minimum absolute atomic E-state index is 0.229. The number of carbonyl (C=O) groups is 1. The average Bonchev–Trinajstić information content (AvgIpc) is 2.67. The van der Waals surface area contributed by atoms with Crippen molar-refractivity contribution in [2.75, 3.05) is 25.6 Å². The number of methoxy groups -OCH3 is 1. The first-order chi connectivity index (χ1) is 12.9. The molecule has 0 aliphatic rings. The smallest absolute Gasteiger partial charge is 0.335 e. The van der Waals surface area contributed by atoms with E-state index in [0.717, 1.165) is 17.0 Å². The Morgan fingerprint density at radius 1 is 1.07 bits per heavy atom. The van der Waals surface area contributed by atoms with E-state index in [4.69, 9.17) is 18.9 Å². The van der Waals surface area contributed by atoms with E-state index < -0.39 is 13.3 Å². The van der Waals surface area contributed by atoms with Gasteiger partial charge in [0.1, 0.15) is 18.9 Å². The van der Waals surface area contributed by atoms with Gasteiger partial charge in [-0.25, -0.2) is 4.79 Å². The summed E-state index contributed by atoms with van der Waals surface area (Å²) < 4.78 is 17.2. The monoisotopic (exact) mass is 391 g/mol. The zero-order valence-electron chi connectivity index (χ0n) is 15.8. The Morgan fingerprint density at radius 2 is 1.63 bits per heavy atom. The van der Waals surface area contributed by atoms with E-state index in [0.29, 0.717) is 13.2 Å². The van der Waals surface area contributed by atoms with Gasteiger partial charge in [0, 0.05) is 5.69 Å². The van der Waals surface area contributed by atoms with Crippen LogP contribution < -0.4 is 10.1 Å². The lowest BCUT2D eigenvalue weighted by atomic mass is 10.2. The molecule has 1 unspecified atom stereocenters. The van der Waals surface area contributed by atoms with Crippen LogP contribution in [-0.2, 0) is 9.05 Å². The maximum atomic E-state index is 11.1. The Kier molecular flexibility index (Phi) is 7.48. The third-order valence-corrected chi connectivity index (χ3v) is 6.56. The number of aromatic carboxylic acids is 1. The fourth-order valence-corrected chi connectivity index (χ4v) is 4.90. The number of hydrogen-bond acceptors (Lipinski definition) is 5. The van der Waals surface area contributed by atoms with Gasteiger partial charge >= 0.3 is 5.97 Å². The van der Waals surface area contributed by atoms with Crippen molar-refractivity contribution in [1.29, 1.82) is 0 Å². The minimum atomic E-state index is -2.54. The Labute approximate surface area is 160 Å². The number of carboxylic acid groups (broad SMARTS) is 1. The molecule has 2 N–H and O–H groups in total. The van der Waals surface area contributed by atoms with Crippen molar-refractivity contribution in [3.05, 3.63) is 59.7 Å². The number of carboxylic acids is 1. The maximum absolute atomic E-state index is 11.1. The number of hydrogen-bond donors (Lipinski definition) is 2. The lowest BCUT2D eigenvalue weighted by Gasteiger charge is -2.33. The van der Waals surface area contributed by atoms with Gasteiger partial charge in [0.15, 0.2) is 0 Å². The van der Waals surface area contributed by atoms with Crippen LogP contribution in [-0.4, -0.2) is 37.7 Å². The zero-order valence-corrected chi connectivity index (χ0v) is 16.7. The highest BCUT2D eigenvalue weighted by molar-refractivity contribution is 7.64. The van der Waals surface area contributed by atoms with Crippen molar-refractivity contribution >= 4 is 25.3 Å². The van der Waals surface area contributed by atoms with E-state index in [1.807, 2.05) is 38.1 Å². The van der Waals surface area contributed by atoms with Crippen molar-refractivity contribution < 1.29 is 23.7 Å². The first kappa shape index (κ1) is 21.0. The SMILES string of the molecule is C=P(OCC)(OCC)C(Nc1ccc(C(=O)O)cc1)c1ccc(OC)cc1. The predicted molar refractivity (Wildman–Crippen MR) is 110 cm³/mol. The predicted octanol–water partition coefficient (Wildman–Crippen LogP) is 4.86. The standard InChI is InChI=1S/C20H26NO5P/c1-5-25-27(4,26-6-2)19(15-9-13-18(24-3)14-10-15)21-17-11-7-16(8-12-17)20(22)23/h7-14,19,21H,4-6H2,1-3H3,(H,22,23). The lowest BCUT2D eigenvalue weighted by Crippen LogP contribution is -2.15. The van der Waals surface area contributed by atoms with Gasteiger partial charge in [-0.2, -0.15) is 0 Å². The Bertz CT molecular complexity index is 779. The first-order valence-electron chi connectivity index (χ1n) is 8.69. The van der Waals surface area contributed by atoms with Crippen LogP contribution >= 0.6 is 7.34 Å². The van der Waals surface area contributed by atoms with E-state index in [-0.39, 0.29) is 11.3 Å². The third kappa shape index (κ3) is 5.36. The molecule has 0 radical (unpaired) electrons. The molecule has 2 aromatic carbocycles. The van der Waals surface area contributed by atoms with Gasteiger partial charge in [-0.15, -0.1) is 0 Å². The molecule has 2 aromatic rings. The summed E-state index contributed by atoms with van der Waals surface area (Å²) in [6.45, 7) is 4.77. The number of ether oxygens (including phenoxy) is 1. The van der Waals surface area contributed by atoms with E-state index in [9.17, 15) is 4.79 Å². The second-order valence-electron chi connectivity index (χ2n) is 5.76. The Balaban J connectivity index is 2.41. The van der Waals surface area contributed by atoms with Crippen LogP contribution in [0.3, 0.4) is 0 Å². The van der Waals surface area contributed by atoms with Gasteiger partial charge in [-0.05, 0) is 62.1 Å². The zero-order chi connectivity index (χ0) is 19.9. The Morgan fingerprint density at radius 3 is 2.07 bits per heavy atom. The molecule has 0 saturated carbocycles. The summed E-state index contributed by atoms with van der Waals surface area (Å²) in [5.41, 5.74) is 1.93. The van der Waals surface area contributed by atoms with Gasteiger partial charge < -0.3 is 24.2 Å². The molecule has 0 aliphatic carbocycles.